The van der Waals surface area contributed by atoms with Crippen LogP contribution in [0.4, 0.5) is 26.3 Å². The van der Waals surface area contributed by atoms with Gasteiger partial charge in [-0.15, -0.1) is 11.6 Å². The van der Waals surface area contributed by atoms with Gasteiger partial charge in [0.25, 0.3) is 0 Å². The van der Waals surface area contributed by atoms with E-state index >= 15 is 28.8 Å². The van der Waals surface area contributed by atoms with Crippen molar-refractivity contribution in [3.05, 3.63) is 0 Å². The summed E-state index contributed by atoms with van der Waals surface area (Å²) >= 11 is 6.43. The van der Waals surface area contributed by atoms with E-state index in [2.05, 4.69) is 21.3 Å². The number of rotatable bonds is 15. The van der Waals surface area contributed by atoms with Gasteiger partial charge in [0.15, 0.2) is 0 Å². The van der Waals surface area contributed by atoms with Crippen molar-refractivity contribution in [2.45, 2.75) is 286 Å². The molecule has 32 heteroatoms. The van der Waals surface area contributed by atoms with Crippen LogP contribution < -0.4 is 21.3 Å². The third-order valence-electron chi connectivity index (χ3n) is 24.1. The highest BCUT2D eigenvalue weighted by atomic mass is 35.5. The molecule has 12 amide bonds. The molecule has 0 aromatic carbocycles. The highest BCUT2D eigenvalue weighted by Gasteiger charge is 2.54. The first-order chi connectivity index (χ1) is 50.2. The molecule has 7 rings (SSSR count). The Morgan fingerprint density at radius 1 is 0.664 bits per heavy atom. The van der Waals surface area contributed by atoms with Crippen LogP contribution in [-0.4, -0.2) is 269 Å². The van der Waals surface area contributed by atoms with E-state index in [0.29, 0.717) is 44.9 Å². The molecule has 0 aromatic rings. The van der Waals surface area contributed by atoms with Crippen LogP contribution in [0.1, 0.15) is 203 Å². The largest absolute Gasteiger partial charge is 0.393 e. The van der Waals surface area contributed by atoms with Crippen molar-refractivity contribution in [2.24, 2.45) is 41.4 Å². The molecule has 3 saturated heterocycles. The lowest BCUT2D eigenvalue weighted by Crippen LogP contribution is -2.65. The van der Waals surface area contributed by atoms with E-state index in [4.69, 9.17) is 16.3 Å². The molecule has 4 aliphatic carbocycles. The van der Waals surface area contributed by atoms with Gasteiger partial charge in [-0.25, -0.2) is 0 Å². The number of fused-ring (bicyclic) bond motifs is 2. The minimum atomic E-state index is -4.57. The molecule has 14 atom stereocenters. The van der Waals surface area contributed by atoms with E-state index in [0.717, 1.165) is 9.80 Å². The molecule has 3 aliphatic heterocycles. The maximum Gasteiger partial charge on any atom is 0.393 e. The third-order valence-corrected chi connectivity index (χ3v) is 24.6. The minimum Gasteiger partial charge on any atom is -0.377 e. The van der Waals surface area contributed by atoms with Gasteiger partial charge in [0.1, 0.15) is 59.9 Å². The normalized spacial score (nSPS) is 31.7. The van der Waals surface area contributed by atoms with Gasteiger partial charge in [-0.2, -0.15) is 26.3 Å². The Hall–Kier alpha value is -6.53. The number of hydrogen-bond acceptors (Lipinski definition) is 13. The van der Waals surface area contributed by atoms with E-state index in [-0.39, 0.29) is 135 Å². The molecule has 4 N–H and O–H groups in total. The first kappa shape index (κ1) is 87.7. The van der Waals surface area contributed by atoms with Gasteiger partial charge in [-0.1, -0.05) is 66.7 Å². The molecule has 0 aromatic heterocycles. The fourth-order valence-corrected chi connectivity index (χ4v) is 17.8. The van der Waals surface area contributed by atoms with Gasteiger partial charge in [0.05, 0.1) is 30.9 Å². The second-order valence-electron chi connectivity index (χ2n) is 32.3. The predicted octanol–water partition coefficient (Wildman–Crippen LogP) is 6.94. The van der Waals surface area contributed by atoms with Gasteiger partial charge in [-0.3, -0.25) is 57.5 Å². The van der Waals surface area contributed by atoms with Crippen molar-refractivity contribution in [1.82, 2.24) is 60.5 Å². The van der Waals surface area contributed by atoms with Gasteiger partial charge in [0, 0.05) is 80.3 Å². The van der Waals surface area contributed by atoms with Crippen molar-refractivity contribution in [2.75, 3.05) is 75.1 Å². The SMILES string of the molecule is CCCN1C(=O)[C@@H]2CCN2C(=O)[C@H](C)N(C)C(=O)[C@H]([C@@H](C)CC)NC(=O)[C@H](CC(C)C)N(C)C(=O)C[C@@H](C(=O)N(C)C)NC(=O)[C@H](C2CCCC2)N(C)C(=O)C2(CCCC2)NC(=O)[C@@H]2C[C@@H](OCC)CN2C(=O)[C@H](CCC2CCC(C(F)(F)F)C(Cl)C2)NC(=O)CN(C)C(=O)[C@@H]1CC1CCC(C(F)(F)F)CC1. The average molecular weight is 1550 g/mol. The summed E-state index contributed by atoms with van der Waals surface area (Å²) in [7, 11) is 8.38. The van der Waals surface area contributed by atoms with E-state index < -0.39 is 203 Å². The maximum atomic E-state index is 15.6. The Labute approximate surface area is 631 Å². The van der Waals surface area contributed by atoms with Gasteiger partial charge < -0.3 is 65.2 Å². The van der Waals surface area contributed by atoms with E-state index in [1.54, 1.807) is 27.7 Å². The Balaban J connectivity index is 1.32. The lowest BCUT2D eigenvalue weighted by molar-refractivity contribution is -0.184. The summed E-state index contributed by atoms with van der Waals surface area (Å²) in [6, 6.07) is -12.0. The molecule has 0 bridgehead atoms. The summed E-state index contributed by atoms with van der Waals surface area (Å²) in [4.78, 5) is 191. The van der Waals surface area contributed by atoms with Crippen molar-refractivity contribution in [1.29, 1.82) is 0 Å². The fraction of sp³-hybridized carbons (Fsp3) is 0.840. The number of carbonyl (C=O) groups is 12. The molecule has 107 heavy (non-hydrogen) atoms. The standard InChI is InChI=1S/C75H119ClF6N12O13/c1-14-34-92-58(38-47-23-27-49(28-24-47)74(77,78)79)69(103)88(10)42-59(95)83-53(30-26-46-25-29-51(52(76)37-46)75(80,81)82)68(102)94-41-50(107-16-3)39-57(94)64(98)86-73(32-19-20-33-73)72(106)91(13)62(48-21-17-18-22-48)65(99)84-54(67(101)87(8)9)40-60(96)90(12)56(36-43(4)5)63(97)85-61(44(6)15-2)71(105)89(11)45(7)66(100)93-35-31-55(93)70(92)104/h43-58,61-62H,14-42H2,1-13H3,(H,83,95)(H,84,99)(H,85,97)(H,86,98)/t44-,45-,46?,47?,49?,50+,51?,52?,53-,54-,55-,56-,57-,58-,61-,62-/m0/s1. The molecular weight excluding hydrogens is 1430 g/mol. The Kier molecular flexibility index (Phi) is 31.1. The number of ether oxygens (including phenoxy) is 1. The molecule has 7 aliphatic rings. The quantitative estimate of drug-likeness (QED) is 0.0956. The lowest BCUT2D eigenvalue weighted by Gasteiger charge is -2.46. The molecule has 4 saturated carbocycles. The first-order valence-electron chi connectivity index (χ1n) is 39.0. The van der Waals surface area contributed by atoms with Crippen LogP contribution in [0.25, 0.3) is 0 Å². The number of carbonyl (C=O) groups excluding carboxylic acids is 12. The van der Waals surface area contributed by atoms with Crippen LogP contribution in [0.5, 0.6) is 0 Å². The number of alkyl halides is 7. The lowest BCUT2D eigenvalue weighted by atomic mass is 9.78. The second-order valence-corrected chi connectivity index (χ2v) is 32.8. The third kappa shape index (κ3) is 21.5. The highest BCUT2D eigenvalue weighted by Crippen LogP contribution is 2.45. The van der Waals surface area contributed by atoms with E-state index in [1.165, 1.54) is 78.6 Å². The fourth-order valence-electron chi connectivity index (χ4n) is 17.3. The first-order valence-corrected chi connectivity index (χ1v) is 39.4. The number of likely N-dealkylation sites (N-methyl/N-ethyl adjacent to an activating group) is 5. The number of amides is 12. The molecule has 3 heterocycles. The van der Waals surface area contributed by atoms with Crippen LogP contribution in [0.15, 0.2) is 0 Å². The maximum absolute atomic E-state index is 15.6. The molecule has 7 fully saturated rings. The number of nitrogens with zero attached hydrogens (tertiary/aromatic N) is 8. The summed E-state index contributed by atoms with van der Waals surface area (Å²) in [5, 5.41) is 10.2. The van der Waals surface area contributed by atoms with Crippen LogP contribution in [-0.2, 0) is 62.3 Å². The summed E-state index contributed by atoms with van der Waals surface area (Å²) < 4.78 is 90.9. The predicted molar refractivity (Wildman–Crippen MR) is 386 cm³/mol. The molecule has 0 radical (unpaired) electrons. The summed E-state index contributed by atoms with van der Waals surface area (Å²) in [5.74, 6) is -14.4. The second kappa shape index (κ2) is 37.9. The van der Waals surface area contributed by atoms with Crippen molar-refractivity contribution in [3.63, 3.8) is 0 Å². The Morgan fingerprint density at radius 2 is 1.30 bits per heavy atom. The van der Waals surface area contributed by atoms with Crippen LogP contribution >= 0.6 is 11.6 Å². The molecule has 606 valence electrons. The van der Waals surface area contributed by atoms with Crippen LogP contribution in [0.2, 0.25) is 0 Å². The Morgan fingerprint density at radius 3 is 1.85 bits per heavy atom. The number of hydrogen-bond donors (Lipinski definition) is 4. The Bertz CT molecular complexity index is 3150. The van der Waals surface area contributed by atoms with Gasteiger partial charge in [0.2, 0.25) is 70.9 Å². The zero-order valence-electron chi connectivity index (χ0n) is 64.9. The van der Waals surface area contributed by atoms with Crippen molar-refractivity contribution < 1.29 is 88.6 Å². The smallest absolute Gasteiger partial charge is 0.377 e. The van der Waals surface area contributed by atoms with Crippen LogP contribution in [0.3, 0.4) is 0 Å². The average Bonchev–Trinajstić information content (AvgIpc) is 1.76. The van der Waals surface area contributed by atoms with Crippen molar-refractivity contribution >= 4 is 82.5 Å². The molecule has 3 unspecified atom stereocenters. The molecule has 1 spiro atoms. The van der Waals surface area contributed by atoms with Gasteiger partial charge in [-0.05, 0) is 153 Å². The topological polar surface area (TPSA) is 288 Å². The number of halogens is 7. The molecular formula is C75H119ClF6N12O13. The summed E-state index contributed by atoms with van der Waals surface area (Å²) in [6.07, 6.45) is -7.13. The van der Waals surface area contributed by atoms with Gasteiger partial charge >= 0.3 is 12.4 Å². The zero-order valence-corrected chi connectivity index (χ0v) is 65.7. The molecule has 25 nitrogen and oxygen atoms in total. The summed E-state index contributed by atoms with van der Waals surface area (Å²) in [5.41, 5.74) is -1.65. The minimum absolute atomic E-state index is 0.0445. The monoisotopic (exact) mass is 1540 g/mol. The summed E-state index contributed by atoms with van der Waals surface area (Å²) in [6.45, 7) is 11.3. The highest BCUT2D eigenvalue weighted by molar-refractivity contribution is 6.21. The van der Waals surface area contributed by atoms with E-state index in [1.807, 2.05) is 13.8 Å². The number of nitrogens with one attached hydrogen (secondary N) is 4. The van der Waals surface area contributed by atoms with Crippen LogP contribution in [0, 0.1) is 41.4 Å². The zero-order chi connectivity index (χ0) is 79.5. The van der Waals surface area contributed by atoms with E-state index in [9.17, 15) is 55.1 Å². The van der Waals surface area contributed by atoms with Crippen molar-refractivity contribution in [3.8, 4) is 0 Å².